The molecule has 3 N–H and O–H groups in total. The Kier molecular flexibility index (Phi) is 6.78. The number of hydrogen-bond acceptors (Lipinski definition) is 5. The zero-order valence-electron chi connectivity index (χ0n) is 17.1. The Hall–Kier alpha value is -3.88. The summed E-state index contributed by atoms with van der Waals surface area (Å²) >= 11 is 0. The second kappa shape index (κ2) is 9.08. The van der Waals surface area contributed by atoms with Crippen molar-refractivity contribution in [3.05, 3.63) is 65.2 Å². The predicted molar refractivity (Wildman–Crippen MR) is 109 cm³/mol. The molecule has 0 aliphatic carbocycles. The van der Waals surface area contributed by atoms with Crippen LogP contribution in [0.5, 0.6) is 0 Å². The van der Waals surface area contributed by atoms with Gasteiger partial charge in [-0.3, -0.25) is 9.59 Å². The molecule has 0 saturated heterocycles. The minimum atomic E-state index is -1.35. The van der Waals surface area contributed by atoms with Gasteiger partial charge in [-0.15, -0.1) is 0 Å². The lowest BCUT2D eigenvalue weighted by Crippen LogP contribution is -2.55. The molecule has 2 aromatic rings. The largest absolute Gasteiger partial charge is 0.465 e. The quantitative estimate of drug-likeness (QED) is 0.522. The van der Waals surface area contributed by atoms with Crippen molar-refractivity contribution < 1.29 is 29.0 Å². The number of rotatable bonds is 4. The summed E-state index contributed by atoms with van der Waals surface area (Å²) in [5, 5.41) is 12.7. The number of amides is 3. The molecule has 0 spiro atoms. The highest BCUT2D eigenvalue weighted by Gasteiger charge is 2.29. The lowest BCUT2D eigenvalue weighted by Gasteiger charge is -2.34. The van der Waals surface area contributed by atoms with E-state index in [1.807, 2.05) is 0 Å². The van der Waals surface area contributed by atoms with Gasteiger partial charge in [0.25, 0.3) is 11.8 Å². The number of nitrogens with zero attached hydrogens (tertiary/aromatic N) is 1. The van der Waals surface area contributed by atoms with Crippen molar-refractivity contribution in [2.45, 2.75) is 26.3 Å². The highest BCUT2D eigenvalue weighted by atomic mass is 16.5. The molecule has 0 aliphatic heterocycles. The van der Waals surface area contributed by atoms with Crippen molar-refractivity contribution in [2.24, 2.45) is 0 Å². The van der Waals surface area contributed by atoms with Gasteiger partial charge in [0.15, 0.2) is 0 Å². The summed E-state index contributed by atoms with van der Waals surface area (Å²) in [5.41, 5.74) is 2.69. The van der Waals surface area contributed by atoms with Gasteiger partial charge in [-0.25, -0.2) is 20.0 Å². The van der Waals surface area contributed by atoms with E-state index in [0.29, 0.717) is 16.8 Å². The Morgan fingerprint density at radius 1 is 0.867 bits per heavy atom. The number of carbonyl (C=O) groups excluding carboxylic acids is 3. The van der Waals surface area contributed by atoms with Crippen LogP contribution in [0.1, 0.15) is 51.8 Å². The number of carbonyl (C=O) groups is 4. The molecular weight excluding hydrogens is 390 g/mol. The van der Waals surface area contributed by atoms with Gasteiger partial charge in [0, 0.05) is 16.8 Å². The van der Waals surface area contributed by atoms with Crippen LogP contribution in [0.2, 0.25) is 0 Å². The van der Waals surface area contributed by atoms with Crippen LogP contribution in [0.25, 0.3) is 0 Å². The molecule has 3 amide bonds. The Bertz CT molecular complexity index is 946. The summed E-state index contributed by atoms with van der Waals surface area (Å²) in [6.45, 7) is 5.09. The molecule has 2 rings (SSSR count). The highest BCUT2D eigenvalue weighted by molar-refractivity contribution is 6.05. The first kappa shape index (κ1) is 22.4. The lowest BCUT2D eigenvalue weighted by molar-refractivity contribution is 0.0401. The Balaban J connectivity index is 2.11. The van der Waals surface area contributed by atoms with Crippen LogP contribution in [0, 0.1) is 0 Å². The molecule has 0 atom stereocenters. The maximum Gasteiger partial charge on any atom is 0.423 e. The predicted octanol–water partition coefficient (Wildman–Crippen LogP) is 3.15. The van der Waals surface area contributed by atoms with Gasteiger partial charge >= 0.3 is 12.1 Å². The van der Waals surface area contributed by atoms with Crippen molar-refractivity contribution in [1.82, 2.24) is 10.4 Å². The molecule has 9 nitrogen and oxygen atoms in total. The number of carboxylic acid groups (broad SMARTS) is 1. The van der Waals surface area contributed by atoms with Crippen molar-refractivity contribution >= 4 is 29.6 Å². The highest BCUT2D eigenvalue weighted by Crippen LogP contribution is 2.18. The molecule has 0 saturated carbocycles. The van der Waals surface area contributed by atoms with Crippen LogP contribution in [-0.4, -0.2) is 46.6 Å². The minimum absolute atomic E-state index is 0.249. The molecule has 2 aromatic carbocycles. The first-order valence-corrected chi connectivity index (χ1v) is 8.97. The molecule has 0 bridgehead atoms. The normalized spacial score (nSPS) is 10.7. The number of anilines is 1. The average Bonchev–Trinajstić information content (AvgIpc) is 2.70. The van der Waals surface area contributed by atoms with Crippen LogP contribution < -0.4 is 10.7 Å². The summed E-state index contributed by atoms with van der Waals surface area (Å²) in [6.07, 6.45) is -1.35. The Morgan fingerprint density at radius 3 is 1.83 bits per heavy atom. The molecule has 30 heavy (non-hydrogen) atoms. The molecule has 158 valence electrons. The zero-order valence-corrected chi connectivity index (χ0v) is 17.1. The average molecular weight is 413 g/mol. The molecule has 0 aromatic heterocycles. The first-order valence-electron chi connectivity index (χ1n) is 8.97. The van der Waals surface area contributed by atoms with Crippen molar-refractivity contribution in [1.29, 1.82) is 0 Å². The summed E-state index contributed by atoms with van der Waals surface area (Å²) < 4.78 is 4.61. The van der Waals surface area contributed by atoms with E-state index < -0.39 is 29.4 Å². The third-order valence-corrected chi connectivity index (χ3v) is 4.04. The maximum absolute atomic E-state index is 12.7. The summed E-state index contributed by atoms with van der Waals surface area (Å²) in [5.74, 6) is -1.42. The maximum atomic E-state index is 12.7. The summed E-state index contributed by atoms with van der Waals surface area (Å²) in [4.78, 5) is 47.5. The Labute approximate surface area is 173 Å². The molecule has 9 heteroatoms. The summed E-state index contributed by atoms with van der Waals surface area (Å²) in [6, 6.07) is 12.0. The number of benzene rings is 2. The monoisotopic (exact) mass is 413 g/mol. The van der Waals surface area contributed by atoms with Crippen LogP contribution in [0.3, 0.4) is 0 Å². The van der Waals surface area contributed by atoms with E-state index in [2.05, 4.69) is 15.5 Å². The fourth-order valence-electron chi connectivity index (χ4n) is 2.52. The van der Waals surface area contributed by atoms with Crippen LogP contribution in [0.4, 0.5) is 10.5 Å². The molecule has 0 aliphatic rings. The molecular formula is C21H23N3O6. The van der Waals surface area contributed by atoms with E-state index in [9.17, 15) is 19.2 Å². The second-order valence-electron chi connectivity index (χ2n) is 7.33. The Morgan fingerprint density at radius 2 is 1.37 bits per heavy atom. The van der Waals surface area contributed by atoms with Crippen molar-refractivity contribution in [3.63, 3.8) is 0 Å². The molecule has 0 radical (unpaired) electrons. The standard InChI is InChI=1S/C21H23N3O6/c1-21(2,3)24(23-20(28)29)18(26)14-9-11-16(12-10-14)22-17(25)13-5-7-15(8-6-13)19(27)30-4/h5-12,23H,1-4H3,(H,22,25)(H,28,29). The van der Waals surface area contributed by atoms with Gasteiger partial charge in [0.05, 0.1) is 18.2 Å². The van der Waals surface area contributed by atoms with Gasteiger partial charge in [-0.1, -0.05) is 0 Å². The van der Waals surface area contributed by atoms with Gasteiger partial charge < -0.3 is 15.2 Å². The number of esters is 1. The van der Waals surface area contributed by atoms with Crippen molar-refractivity contribution in [3.8, 4) is 0 Å². The van der Waals surface area contributed by atoms with Crippen LogP contribution in [0.15, 0.2) is 48.5 Å². The molecule has 0 fully saturated rings. The van der Waals surface area contributed by atoms with E-state index in [1.54, 1.807) is 20.8 Å². The first-order chi connectivity index (χ1) is 14.0. The number of methoxy groups -OCH3 is 1. The third kappa shape index (κ3) is 5.57. The van der Waals surface area contributed by atoms with Gasteiger partial charge in [0.2, 0.25) is 0 Å². The SMILES string of the molecule is COC(=O)c1ccc(C(=O)Nc2ccc(C(=O)N(NC(=O)O)C(C)(C)C)cc2)cc1. The van der Waals surface area contributed by atoms with Gasteiger partial charge in [0.1, 0.15) is 0 Å². The van der Waals surface area contributed by atoms with E-state index >= 15 is 0 Å². The van der Waals surface area contributed by atoms with Crippen LogP contribution in [-0.2, 0) is 4.74 Å². The number of ether oxygens (including phenoxy) is 1. The van der Waals surface area contributed by atoms with E-state index in [1.165, 1.54) is 55.6 Å². The number of nitrogens with one attached hydrogen (secondary N) is 2. The third-order valence-electron chi connectivity index (χ3n) is 4.04. The number of hydrazine groups is 1. The van der Waals surface area contributed by atoms with Crippen molar-refractivity contribution in [2.75, 3.05) is 12.4 Å². The minimum Gasteiger partial charge on any atom is -0.465 e. The summed E-state index contributed by atoms with van der Waals surface area (Å²) in [7, 11) is 1.27. The molecule has 0 unspecified atom stereocenters. The lowest BCUT2D eigenvalue weighted by atomic mass is 10.1. The van der Waals surface area contributed by atoms with Gasteiger partial charge in [-0.05, 0) is 69.3 Å². The fourth-order valence-corrected chi connectivity index (χ4v) is 2.52. The van der Waals surface area contributed by atoms with Crippen LogP contribution >= 0.6 is 0 Å². The van der Waals surface area contributed by atoms with E-state index in [0.717, 1.165) is 5.01 Å². The smallest absolute Gasteiger partial charge is 0.423 e. The number of hydrogen-bond donors (Lipinski definition) is 3. The van der Waals surface area contributed by atoms with Gasteiger partial charge in [-0.2, -0.15) is 0 Å². The zero-order chi connectivity index (χ0) is 22.5. The molecule has 0 heterocycles. The second-order valence-corrected chi connectivity index (χ2v) is 7.33. The fraction of sp³-hybridized carbons (Fsp3) is 0.238. The topological polar surface area (TPSA) is 125 Å². The van der Waals surface area contributed by atoms with E-state index in [4.69, 9.17) is 5.11 Å². The van der Waals surface area contributed by atoms with E-state index in [-0.39, 0.29) is 5.56 Å².